The molecule has 0 saturated carbocycles. The van der Waals surface area contributed by atoms with Crippen LogP contribution < -0.4 is 0 Å². The summed E-state index contributed by atoms with van der Waals surface area (Å²) in [7, 11) is 0. The highest BCUT2D eigenvalue weighted by Crippen LogP contribution is 2.29. The van der Waals surface area contributed by atoms with E-state index in [0.29, 0.717) is 30.0 Å². The van der Waals surface area contributed by atoms with Crippen molar-refractivity contribution in [1.29, 1.82) is 0 Å². The van der Waals surface area contributed by atoms with Gasteiger partial charge < -0.3 is 10.0 Å². The molecule has 0 radical (unpaired) electrons. The summed E-state index contributed by atoms with van der Waals surface area (Å²) < 4.78 is 0. The Kier molecular flexibility index (Phi) is 3.95. The first-order chi connectivity index (χ1) is 12.8. The van der Waals surface area contributed by atoms with Crippen molar-refractivity contribution in [2.24, 2.45) is 0 Å². The van der Waals surface area contributed by atoms with Gasteiger partial charge in [0.05, 0.1) is 17.9 Å². The molecule has 1 aliphatic heterocycles. The molecule has 3 aromatic rings. The van der Waals surface area contributed by atoms with Gasteiger partial charge in [0, 0.05) is 29.3 Å². The smallest absolute Gasteiger partial charge is 0.272 e. The molecule has 27 heavy (non-hydrogen) atoms. The Hall–Kier alpha value is -3.22. The molecule has 0 fully saturated rings. The lowest BCUT2D eigenvalue weighted by atomic mass is 9.95. The van der Waals surface area contributed by atoms with Gasteiger partial charge in [0.15, 0.2) is 0 Å². The van der Waals surface area contributed by atoms with Gasteiger partial charge in [-0.05, 0) is 18.2 Å². The largest absolute Gasteiger partial charge is 0.507 e. The van der Waals surface area contributed by atoms with Gasteiger partial charge in [-0.25, -0.2) is 9.97 Å². The SMILES string of the molecule is CC(C)(C)c1ncc2c(n1)CN(C(=O)c1cc(-c3ccccc3O)n[nH]1)C2. The molecule has 0 spiro atoms. The van der Waals surface area contributed by atoms with Gasteiger partial charge in [-0.3, -0.25) is 9.89 Å². The maximum atomic E-state index is 12.9. The van der Waals surface area contributed by atoms with Gasteiger partial charge in [0.1, 0.15) is 17.3 Å². The summed E-state index contributed by atoms with van der Waals surface area (Å²) in [4.78, 5) is 23.7. The summed E-state index contributed by atoms with van der Waals surface area (Å²) in [6.07, 6.45) is 1.82. The average Bonchev–Trinajstić information content (AvgIpc) is 3.27. The maximum Gasteiger partial charge on any atom is 0.272 e. The Balaban J connectivity index is 1.55. The van der Waals surface area contributed by atoms with Crippen LogP contribution in [0.15, 0.2) is 36.5 Å². The monoisotopic (exact) mass is 363 g/mol. The van der Waals surface area contributed by atoms with Crippen LogP contribution in [0.3, 0.4) is 0 Å². The zero-order valence-electron chi connectivity index (χ0n) is 15.5. The van der Waals surface area contributed by atoms with Crippen molar-refractivity contribution >= 4 is 5.91 Å². The molecule has 0 unspecified atom stereocenters. The Labute approximate surface area is 157 Å². The molecule has 4 rings (SSSR count). The van der Waals surface area contributed by atoms with E-state index in [9.17, 15) is 9.90 Å². The standard InChI is InChI=1S/C20H21N5O2/c1-20(2,3)19-21-9-12-10-25(11-16(12)22-19)18(27)15-8-14(23-24-15)13-6-4-5-7-17(13)26/h4-9,26H,10-11H2,1-3H3,(H,23,24). The number of carbonyl (C=O) groups excluding carboxylic acids is 1. The van der Waals surface area contributed by atoms with Crippen LogP contribution in [0.25, 0.3) is 11.3 Å². The topological polar surface area (TPSA) is 95.0 Å². The highest BCUT2D eigenvalue weighted by molar-refractivity contribution is 5.93. The lowest BCUT2D eigenvalue weighted by molar-refractivity contribution is 0.0744. The highest BCUT2D eigenvalue weighted by atomic mass is 16.3. The number of carbonyl (C=O) groups is 1. The number of hydrogen-bond acceptors (Lipinski definition) is 5. The minimum Gasteiger partial charge on any atom is -0.507 e. The minimum atomic E-state index is -0.153. The number of hydrogen-bond donors (Lipinski definition) is 2. The second kappa shape index (κ2) is 6.19. The van der Waals surface area contributed by atoms with Crippen LogP contribution in [-0.2, 0) is 18.5 Å². The molecular formula is C20H21N5O2. The van der Waals surface area contributed by atoms with Gasteiger partial charge in [0.25, 0.3) is 5.91 Å². The Morgan fingerprint density at radius 2 is 2.00 bits per heavy atom. The van der Waals surface area contributed by atoms with Crippen LogP contribution in [0, 0.1) is 0 Å². The van der Waals surface area contributed by atoms with E-state index in [1.54, 1.807) is 29.2 Å². The lowest BCUT2D eigenvalue weighted by Gasteiger charge is -2.16. The van der Waals surface area contributed by atoms with Crippen LogP contribution >= 0.6 is 0 Å². The third kappa shape index (κ3) is 3.16. The number of nitrogens with zero attached hydrogens (tertiary/aromatic N) is 4. The van der Waals surface area contributed by atoms with Crippen LogP contribution in [0.1, 0.15) is 48.3 Å². The predicted molar refractivity (Wildman–Crippen MR) is 100.0 cm³/mol. The maximum absolute atomic E-state index is 12.9. The zero-order chi connectivity index (χ0) is 19.2. The van der Waals surface area contributed by atoms with E-state index in [-0.39, 0.29) is 17.1 Å². The van der Waals surface area contributed by atoms with Crippen molar-refractivity contribution in [3.8, 4) is 17.0 Å². The average molecular weight is 363 g/mol. The number of aromatic nitrogens is 4. The molecular weight excluding hydrogens is 342 g/mol. The van der Waals surface area contributed by atoms with E-state index in [0.717, 1.165) is 17.1 Å². The number of para-hydroxylation sites is 1. The molecule has 0 atom stereocenters. The first-order valence-corrected chi connectivity index (χ1v) is 8.81. The Bertz CT molecular complexity index is 1020. The number of nitrogens with one attached hydrogen (secondary N) is 1. The van der Waals surface area contributed by atoms with E-state index in [2.05, 4.69) is 40.9 Å². The van der Waals surface area contributed by atoms with Crippen molar-refractivity contribution in [2.45, 2.75) is 39.3 Å². The summed E-state index contributed by atoms with van der Waals surface area (Å²) in [6.45, 7) is 7.13. The van der Waals surface area contributed by atoms with Gasteiger partial charge >= 0.3 is 0 Å². The molecule has 138 valence electrons. The summed E-state index contributed by atoms with van der Waals surface area (Å²) in [5.74, 6) is 0.750. The summed E-state index contributed by atoms with van der Waals surface area (Å²) >= 11 is 0. The highest BCUT2D eigenvalue weighted by Gasteiger charge is 2.29. The number of amides is 1. The number of phenols is 1. The second-order valence-corrected chi connectivity index (χ2v) is 7.76. The van der Waals surface area contributed by atoms with Crippen molar-refractivity contribution in [2.75, 3.05) is 0 Å². The van der Waals surface area contributed by atoms with Crippen molar-refractivity contribution < 1.29 is 9.90 Å². The van der Waals surface area contributed by atoms with Crippen LogP contribution in [-0.4, -0.2) is 36.1 Å². The van der Waals surface area contributed by atoms with E-state index >= 15 is 0 Å². The fourth-order valence-corrected chi connectivity index (χ4v) is 3.09. The van der Waals surface area contributed by atoms with Crippen molar-refractivity contribution in [3.05, 3.63) is 59.3 Å². The molecule has 1 aliphatic rings. The van der Waals surface area contributed by atoms with Gasteiger partial charge in [-0.1, -0.05) is 32.9 Å². The Morgan fingerprint density at radius 1 is 1.22 bits per heavy atom. The number of aromatic amines is 1. The number of aromatic hydroxyl groups is 1. The van der Waals surface area contributed by atoms with Crippen LogP contribution in [0.4, 0.5) is 0 Å². The van der Waals surface area contributed by atoms with Crippen LogP contribution in [0.5, 0.6) is 5.75 Å². The number of rotatable bonds is 2. The molecule has 7 nitrogen and oxygen atoms in total. The normalized spacial score (nSPS) is 13.7. The van der Waals surface area contributed by atoms with Crippen molar-refractivity contribution in [3.63, 3.8) is 0 Å². The zero-order valence-corrected chi connectivity index (χ0v) is 15.5. The molecule has 2 N–H and O–H groups in total. The first-order valence-electron chi connectivity index (χ1n) is 8.81. The van der Waals surface area contributed by atoms with Crippen LogP contribution in [0.2, 0.25) is 0 Å². The molecule has 0 bridgehead atoms. The summed E-state index contributed by atoms with van der Waals surface area (Å²) in [5.41, 5.74) is 3.22. The second-order valence-electron chi connectivity index (χ2n) is 7.76. The number of fused-ring (bicyclic) bond motifs is 1. The quantitative estimate of drug-likeness (QED) is 0.730. The van der Waals surface area contributed by atoms with E-state index in [1.807, 2.05) is 12.3 Å². The molecule has 0 saturated heterocycles. The fraction of sp³-hybridized carbons (Fsp3) is 0.300. The van der Waals surface area contributed by atoms with E-state index in [4.69, 9.17) is 0 Å². The van der Waals surface area contributed by atoms with Gasteiger partial charge in [-0.2, -0.15) is 5.10 Å². The third-order valence-electron chi connectivity index (χ3n) is 4.60. The third-order valence-corrected chi connectivity index (χ3v) is 4.60. The van der Waals surface area contributed by atoms with E-state index < -0.39 is 0 Å². The molecule has 0 aliphatic carbocycles. The molecule has 7 heteroatoms. The molecule has 1 aromatic carbocycles. The fourth-order valence-electron chi connectivity index (χ4n) is 3.09. The van der Waals surface area contributed by atoms with Crippen molar-refractivity contribution in [1.82, 2.24) is 25.1 Å². The summed E-state index contributed by atoms with van der Waals surface area (Å²) in [5, 5.41) is 16.9. The first kappa shape index (κ1) is 17.2. The minimum absolute atomic E-state index is 0.126. The molecule has 1 amide bonds. The van der Waals surface area contributed by atoms with Gasteiger partial charge in [-0.15, -0.1) is 0 Å². The molecule has 2 aromatic heterocycles. The number of phenolic OH excluding ortho intramolecular Hbond substituents is 1. The lowest BCUT2D eigenvalue weighted by Crippen LogP contribution is -2.25. The van der Waals surface area contributed by atoms with E-state index in [1.165, 1.54) is 0 Å². The Morgan fingerprint density at radius 3 is 2.74 bits per heavy atom. The number of benzene rings is 1. The summed E-state index contributed by atoms with van der Waals surface area (Å²) in [6, 6.07) is 8.56. The predicted octanol–water partition coefficient (Wildman–Crippen LogP) is 3.03. The number of H-pyrrole nitrogens is 1. The van der Waals surface area contributed by atoms with Gasteiger partial charge in [0.2, 0.25) is 0 Å². The molecule has 3 heterocycles.